The molecule has 8 heteroatoms. The number of nitrogens with zero attached hydrogens (tertiary/aromatic N) is 2. The minimum Gasteiger partial charge on any atom is -0.375 e. The highest BCUT2D eigenvalue weighted by molar-refractivity contribution is 5.85. The van der Waals surface area contributed by atoms with E-state index in [1.165, 1.54) is 4.68 Å². The fourth-order valence-electron chi connectivity index (χ4n) is 3.97. The minimum absolute atomic E-state index is 0. The summed E-state index contributed by atoms with van der Waals surface area (Å²) in [5, 5.41) is 12.1. The molecule has 1 aliphatic heterocycles. The topological polar surface area (TPSA) is 85.2 Å². The van der Waals surface area contributed by atoms with Crippen LogP contribution in [0.2, 0.25) is 0 Å². The summed E-state index contributed by atoms with van der Waals surface area (Å²) in [6.45, 7) is 2.38. The zero-order chi connectivity index (χ0) is 17.9. The number of carbonyl (C=O) groups excluding carboxylic acids is 1. The standard InChI is InChI=1S/C19H24N4O3.ClH/c24-18(13-5-6-17-16(11-13)20-8-10-26-17)21-7-9-23-19(25)15-4-2-1-3-14(15)12-22-23;/h1-4,12-13,16-17,20H,5-11H2,(H,21,24);1H/t13-,16+,17+;/m0./s1. The van der Waals surface area contributed by atoms with Crippen LogP contribution in [0.3, 0.4) is 0 Å². The molecule has 7 nitrogen and oxygen atoms in total. The van der Waals surface area contributed by atoms with E-state index in [0.717, 1.165) is 37.8 Å². The quantitative estimate of drug-likeness (QED) is 0.813. The third-order valence-electron chi connectivity index (χ3n) is 5.38. The second-order valence-electron chi connectivity index (χ2n) is 7.03. The van der Waals surface area contributed by atoms with Gasteiger partial charge in [0, 0.05) is 30.4 Å². The van der Waals surface area contributed by atoms with Crippen LogP contribution < -0.4 is 16.2 Å². The van der Waals surface area contributed by atoms with Gasteiger partial charge in [0.2, 0.25) is 5.91 Å². The molecule has 0 radical (unpaired) electrons. The van der Waals surface area contributed by atoms with Crippen LogP contribution in [0.25, 0.3) is 10.8 Å². The van der Waals surface area contributed by atoms with Crippen LogP contribution in [-0.4, -0.2) is 47.5 Å². The minimum atomic E-state index is -0.124. The molecular formula is C19H25ClN4O3. The number of halogens is 1. The van der Waals surface area contributed by atoms with Crippen LogP contribution >= 0.6 is 12.4 Å². The number of benzene rings is 1. The van der Waals surface area contributed by atoms with Crippen molar-refractivity contribution in [2.24, 2.45) is 5.92 Å². The smallest absolute Gasteiger partial charge is 0.274 e. The molecule has 0 unspecified atom stereocenters. The molecule has 2 heterocycles. The molecule has 1 amide bonds. The zero-order valence-electron chi connectivity index (χ0n) is 15.1. The number of ether oxygens (including phenoxy) is 1. The van der Waals surface area contributed by atoms with E-state index in [1.807, 2.05) is 18.2 Å². The molecule has 2 aromatic rings. The molecule has 27 heavy (non-hydrogen) atoms. The Kier molecular flexibility index (Phi) is 6.46. The molecule has 0 spiro atoms. The first-order chi connectivity index (χ1) is 12.7. The first kappa shape index (κ1) is 19.8. The van der Waals surface area contributed by atoms with Crippen molar-refractivity contribution in [3.63, 3.8) is 0 Å². The Hall–Kier alpha value is -1.96. The number of aromatic nitrogens is 2. The number of rotatable bonds is 4. The Balaban J connectivity index is 0.00000210. The summed E-state index contributed by atoms with van der Waals surface area (Å²) < 4.78 is 7.17. The number of nitrogens with one attached hydrogen (secondary N) is 2. The van der Waals surface area contributed by atoms with Gasteiger partial charge in [0.15, 0.2) is 0 Å². The third kappa shape index (κ3) is 4.31. The molecule has 1 aromatic carbocycles. The second kappa shape index (κ2) is 8.82. The normalized spacial score (nSPS) is 24.7. The molecule has 1 saturated carbocycles. The molecule has 2 N–H and O–H groups in total. The Labute approximate surface area is 163 Å². The first-order valence-corrected chi connectivity index (χ1v) is 9.30. The average Bonchev–Trinajstić information content (AvgIpc) is 2.69. The maximum atomic E-state index is 12.5. The van der Waals surface area contributed by atoms with E-state index in [9.17, 15) is 9.59 Å². The van der Waals surface area contributed by atoms with Gasteiger partial charge in [-0.05, 0) is 25.3 Å². The summed E-state index contributed by atoms with van der Waals surface area (Å²) in [6.07, 6.45) is 4.51. The molecule has 4 rings (SSSR count). The number of fused-ring (bicyclic) bond motifs is 2. The number of amides is 1. The molecule has 1 aromatic heterocycles. The van der Waals surface area contributed by atoms with Gasteiger partial charge in [-0.15, -0.1) is 12.4 Å². The van der Waals surface area contributed by atoms with Crippen LogP contribution in [0.4, 0.5) is 0 Å². The highest BCUT2D eigenvalue weighted by atomic mass is 35.5. The van der Waals surface area contributed by atoms with E-state index in [0.29, 0.717) is 18.5 Å². The molecule has 3 atom stereocenters. The second-order valence-corrected chi connectivity index (χ2v) is 7.03. The molecule has 2 fully saturated rings. The summed E-state index contributed by atoms with van der Waals surface area (Å²) in [4.78, 5) is 24.9. The monoisotopic (exact) mass is 392 g/mol. The van der Waals surface area contributed by atoms with E-state index >= 15 is 0 Å². The number of morpholine rings is 1. The lowest BCUT2D eigenvalue weighted by Gasteiger charge is -2.39. The van der Waals surface area contributed by atoms with Crippen molar-refractivity contribution in [3.8, 4) is 0 Å². The lowest BCUT2D eigenvalue weighted by molar-refractivity contribution is -0.128. The third-order valence-corrected chi connectivity index (χ3v) is 5.38. The lowest BCUT2D eigenvalue weighted by atomic mass is 9.82. The molecule has 1 aliphatic carbocycles. The van der Waals surface area contributed by atoms with E-state index in [2.05, 4.69) is 15.7 Å². The number of carbonyl (C=O) groups is 1. The fraction of sp³-hybridized carbons (Fsp3) is 0.526. The zero-order valence-corrected chi connectivity index (χ0v) is 15.9. The van der Waals surface area contributed by atoms with Crippen molar-refractivity contribution in [2.75, 3.05) is 19.7 Å². The van der Waals surface area contributed by atoms with E-state index in [4.69, 9.17) is 4.74 Å². The molecule has 1 saturated heterocycles. The highest BCUT2D eigenvalue weighted by Gasteiger charge is 2.35. The SMILES string of the molecule is Cl.O=C(NCCn1ncc2ccccc2c1=O)[C@H]1CC[C@H]2OCCN[C@@H]2C1. The van der Waals surface area contributed by atoms with E-state index in [1.54, 1.807) is 12.3 Å². The van der Waals surface area contributed by atoms with Crippen LogP contribution in [-0.2, 0) is 16.1 Å². The largest absolute Gasteiger partial charge is 0.375 e. The van der Waals surface area contributed by atoms with Crippen LogP contribution in [0.15, 0.2) is 35.3 Å². The van der Waals surface area contributed by atoms with E-state index in [-0.39, 0.29) is 41.9 Å². The molecular weight excluding hydrogens is 368 g/mol. The Morgan fingerprint density at radius 3 is 3.07 bits per heavy atom. The van der Waals surface area contributed by atoms with E-state index < -0.39 is 0 Å². The number of hydrogen-bond acceptors (Lipinski definition) is 5. The summed E-state index contributed by atoms with van der Waals surface area (Å²) in [6, 6.07) is 7.67. The summed E-state index contributed by atoms with van der Waals surface area (Å²) >= 11 is 0. The Bertz CT molecular complexity index is 856. The molecule has 0 bridgehead atoms. The maximum absolute atomic E-state index is 12.5. The van der Waals surface area contributed by atoms with Gasteiger partial charge in [0.25, 0.3) is 5.56 Å². The first-order valence-electron chi connectivity index (χ1n) is 9.30. The van der Waals surface area contributed by atoms with Gasteiger partial charge < -0.3 is 15.4 Å². The van der Waals surface area contributed by atoms with Gasteiger partial charge in [-0.1, -0.05) is 18.2 Å². The van der Waals surface area contributed by atoms with Crippen molar-refractivity contribution in [2.45, 2.75) is 38.0 Å². The fourth-order valence-corrected chi connectivity index (χ4v) is 3.97. The Morgan fingerprint density at radius 2 is 2.19 bits per heavy atom. The molecule has 2 aliphatic rings. The summed E-state index contributed by atoms with van der Waals surface area (Å²) in [7, 11) is 0. The van der Waals surface area contributed by atoms with Crippen molar-refractivity contribution in [3.05, 3.63) is 40.8 Å². The van der Waals surface area contributed by atoms with Gasteiger partial charge >= 0.3 is 0 Å². The maximum Gasteiger partial charge on any atom is 0.274 e. The van der Waals surface area contributed by atoms with Gasteiger partial charge in [-0.3, -0.25) is 9.59 Å². The predicted octanol–water partition coefficient (Wildman–Crippen LogP) is 1.09. The molecule has 146 valence electrons. The Morgan fingerprint density at radius 1 is 1.33 bits per heavy atom. The van der Waals surface area contributed by atoms with Crippen LogP contribution in [0, 0.1) is 5.92 Å². The van der Waals surface area contributed by atoms with Crippen molar-refractivity contribution < 1.29 is 9.53 Å². The number of hydrogen-bond donors (Lipinski definition) is 2. The van der Waals surface area contributed by atoms with Crippen molar-refractivity contribution in [1.82, 2.24) is 20.4 Å². The van der Waals surface area contributed by atoms with Gasteiger partial charge in [-0.2, -0.15) is 5.10 Å². The summed E-state index contributed by atoms with van der Waals surface area (Å²) in [5.74, 6) is 0.0661. The van der Waals surface area contributed by atoms with Crippen LogP contribution in [0.5, 0.6) is 0 Å². The van der Waals surface area contributed by atoms with Crippen molar-refractivity contribution in [1.29, 1.82) is 0 Å². The predicted molar refractivity (Wildman–Crippen MR) is 105 cm³/mol. The summed E-state index contributed by atoms with van der Waals surface area (Å²) in [5.41, 5.74) is -0.124. The van der Waals surface area contributed by atoms with Gasteiger partial charge in [0.05, 0.1) is 30.8 Å². The van der Waals surface area contributed by atoms with Gasteiger partial charge in [-0.25, -0.2) is 4.68 Å². The van der Waals surface area contributed by atoms with Crippen molar-refractivity contribution >= 4 is 29.1 Å². The highest BCUT2D eigenvalue weighted by Crippen LogP contribution is 2.28. The lowest BCUT2D eigenvalue weighted by Crippen LogP contribution is -2.53. The van der Waals surface area contributed by atoms with Gasteiger partial charge in [0.1, 0.15) is 0 Å². The average molecular weight is 393 g/mol. The van der Waals surface area contributed by atoms with Crippen LogP contribution in [0.1, 0.15) is 19.3 Å².